The van der Waals surface area contributed by atoms with E-state index in [0.29, 0.717) is 5.95 Å². The fourth-order valence-electron chi connectivity index (χ4n) is 2.58. The number of hydrogen-bond acceptors (Lipinski definition) is 6. The summed E-state index contributed by atoms with van der Waals surface area (Å²) in [5, 5.41) is 4.52. The lowest BCUT2D eigenvalue weighted by molar-refractivity contribution is 0.0996. The number of fused-ring (bicyclic) bond motifs is 1. The van der Waals surface area contributed by atoms with Gasteiger partial charge >= 0.3 is 0 Å². The predicted octanol–water partition coefficient (Wildman–Crippen LogP) is 2.82. The molecule has 108 valence electrons. The van der Waals surface area contributed by atoms with Crippen molar-refractivity contribution in [2.45, 2.75) is 45.3 Å². The van der Waals surface area contributed by atoms with Crippen molar-refractivity contribution in [2.75, 3.05) is 17.7 Å². The van der Waals surface area contributed by atoms with Gasteiger partial charge in [0.1, 0.15) is 10.6 Å². The van der Waals surface area contributed by atoms with Crippen LogP contribution in [0.4, 0.5) is 11.8 Å². The van der Waals surface area contributed by atoms with Gasteiger partial charge in [-0.15, -0.1) is 11.3 Å². The lowest BCUT2D eigenvalue weighted by Crippen LogP contribution is -2.30. The molecule has 3 heterocycles. The van der Waals surface area contributed by atoms with Crippen molar-refractivity contribution in [3.8, 4) is 0 Å². The molecule has 0 radical (unpaired) electrons. The van der Waals surface area contributed by atoms with E-state index in [1.807, 2.05) is 0 Å². The largest absolute Gasteiger partial charge is 0.376 e. The van der Waals surface area contributed by atoms with Gasteiger partial charge in [-0.05, 0) is 32.3 Å². The van der Waals surface area contributed by atoms with Crippen LogP contribution < -0.4 is 11.1 Å². The normalized spacial score (nSPS) is 20.4. The maximum atomic E-state index is 5.82. The van der Waals surface area contributed by atoms with Crippen molar-refractivity contribution < 1.29 is 4.74 Å². The Morgan fingerprint density at radius 3 is 3.10 bits per heavy atom. The van der Waals surface area contributed by atoms with Crippen LogP contribution in [0.25, 0.3) is 10.2 Å². The quantitative estimate of drug-likeness (QED) is 0.906. The van der Waals surface area contributed by atoms with Crippen molar-refractivity contribution >= 4 is 33.3 Å². The maximum absolute atomic E-state index is 5.82. The number of thiophene rings is 1. The van der Waals surface area contributed by atoms with Gasteiger partial charge in [-0.3, -0.25) is 0 Å². The van der Waals surface area contributed by atoms with Gasteiger partial charge in [-0.25, -0.2) is 4.98 Å². The first-order valence-corrected chi connectivity index (χ1v) is 7.93. The summed E-state index contributed by atoms with van der Waals surface area (Å²) in [7, 11) is 0. The van der Waals surface area contributed by atoms with Crippen LogP contribution in [0.1, 0.15) is 31.6 Å². The number of nitrogens with one attached hydrogen (secondary N) is 1. The molecule has 0 bridgehead atoms. The summed E-state index contributed by atoms with van der Waals surface area (Å²) in [6, 6.07) is 2.38. The third-order valence-corrected chi connectivity index (χ3v) is 4.87. The highest BCUT2D eigenvalue weighted by Gasteiger charge is 2.23. The average Bonchev–Trinajstić information content (AvgIpc) is 3.07. The molecular weight excluding hydrogens is 272 g/mol. The van der Waals surface area contributed by atoms with Crippen molar-refractivity contribution in [1.82, 2.24) is 9.97 Å². The van der Waals surface area contributed by atoms with Crippen LogP contribution in [-0.2, 0) is 11.2 Å². The van der Waals surface area contributed by atoms with E-state index in [4.69, 9.17) is 10.5 Å². The van der Waals surface area contributed by atoms with Crippen LogP contribution in [0.2, 0.25) is 0 Å². The Balaban J connectivity index is 1.91. The Bertz CT molecular complexity index is 606. The number of anilines is 2. The second kappa shape index (κ2) is 5.54. The molecule has 2 aromatic heterocycles. The third kappa shape index (κ3) is 2.58. The van der Waals surface area contributed by atoms with E-state index in [2.05, 4.69) is 35.2 Å². The van der Waals surface area contributed by atoms with Gasteiger partial charge < -0.3 is 15.8 Å². The van der Waals surface area contributed by atoms with E-state index in [1.165, 1.54) is 4.88 Å². The molecule has 0 spiro atoms. The molecule has 0 saturated carbocycles. The average molecular weight is 292 g/mol. The van der Waals surface area contributed by atoms with E-state index >= 15 is 0 Å². The summed E-state index contributed by atoms with van der Waals surface area (Å²) in [5.74, 6) is 1.15. The van der Waals surface area contributed by atoms with E-state index in [1.54, 1.807) is 11.3 Å². The van der Waals surface area contributed by atoms with Crippen molar-refractivity contribution in [1.29, 1.82) is 0 Å². The minimum atomic E-state index is 0.222. The molecule has 3 rings (SSSR count). The first-order chi connectivity index (χ1) is 9.67. The van der Waals surface area contributed by atoms with Crippen LogP contribution in [0.15, 0.2) is 6.07 Å². The number of hydrogen-bond donors (Lipinski definition) is 2. The highest BCUT2D eigenvalue weighted by molar-refractivity contribution is 7.18. The number of rotatable bonds is 4. The molecule has 1 aliphatic rings. The highest BCUT2D eigenvalue weighted by Crippen LogP contribution is 2.31. The Morgan fingerprint density at radius 1 is 1.55 bits per heavy atom. The molecule has 0 amide bonds. The summed E-state index contributed by atoms with van der Waals surface area (Å²) >= 11 is 1.68. The lowest BCUT2D eigenvalue weighted by Gasteiger charge is -2.20. The van der Waals surface area contributed by atoms with Crippen LogP contribution in [0.5, 0.6) is 0 Å². The smallest absolute Gasteiger partial charge is 0.223 e. The first-order valence-electron chi connectivity index (χ1n) is 7.11. The van der Waals surface area contributed by atoms with Crippen LogP contribution in [0.3, 0.4) is 0 Å². The lowest BCUT2D eigenvalue weighted by atomic mass is 10.1. The molecule has 1 aliphatic heterocycles. The van der Waals surface area contributed by atoms with Gasteiger partial charge in [0.2, 0.25) is 5.95 Å². The Kier molecular flexibility index (Phi) is 3.76. The summed E-state index contributed by atoms with van der Waals surface area (Å²) in [5.41, 5.74) is 5.82. The fraction of sp³-hybridized carbons (Fsp3) is 0.571. The number of aromatic nitrogens is 2. The van der Waals surface area contributed by atoms with Crippen molar-refractivity contribution in [3.05, 3.63) is 10.9 Å². The van der Waals surface area contributed by atoms with Gasteiger partial charge in [-0.1, -0.05) is 6.92 Å². The van der Waals surface area contributed by atoms with Gasteiger partial charge in [0, 0.05) is 11.5 Å². The molecule has 1 fully saturated rings. The molecule has 3 N–H and O–H groups in total. The third-order valence-electron chi connectivity index (χ3n) is 3.70. The van der Waals surface area contributed by atoms with Gasteiger partial charge in [0.05, 0.1) is 17.5 Å². The number of nitrogen functional groups attached to an aromatic ring is 1. The predicted molar refractivity (Wildman–Crippen MR) is 83.3 cm³/mol. The van der Waals surface area contributed by atoms with Gasteiger partial charge in [0.25, 0.3) is 0 Å². The topological polar surface area (TPSA) is 73.1 Å². The molecule has 2 aromatic rings. The molecule has 6 heteroatoms. The molecule has 20 heavy (non-hydrogen) atoms. The first kappa shape index (κ1) is 13.6. The Morgan fingerprint density at radius 2 is 2.40 bits per heavy atom. The van der Waals surface area contributed by atoms with E-state index < -0.39 is 0 Å². The molecule has 2 atom stereocenters. The van der Waals surface area contributed by atoms with E-state index in [0.717, 1.165) is 41.9 Å². The summed E-state index contributed by atoms with van der Waals surface area (Å²) in [6.45, 7) is 5.13. The highest BCUT2D eigenvalue weighted by atomic mass is 32.1. The van der Waals surface area contributed by atoms with E-state index in [-0.39, 0.29) is 12.1 Å². The number of nitrogens with zero attached hydrogens (tertiary/aromatic N) is 2. The maximum Gasteiger partial charge on any atom is 0.223 e. The zero-order valence-corrected chi connectivity index (χ0v) is 12.7. The van der Waals surface area contributed by atoms with Crippen molar-refractivity contribution in [2.24, 2.45) is 0 Å². The van der Waals surface area contributed by atoms with Crippen LogP contribution in [-0.4, -0.2) is 28.7 Å². The Labute approximate surface area is 122 Å². The van der Waals surface area contributed by atoms with Gasteiger partial charge in [-0.2, -0.15) is 4.98 Å². The molecule has 1 saturated heterocycles. The van der Waals surface area contributed by atoms with Crippen LogP contribution in [0, 0.1) is 0 Å². The van der Waals surface area contributed by atoms with E-state index in [9.17, 15) is 0 Å². The minimum absolute atomic E-state index is 0.222. The number of aryl methyl sites for hydroxylation is 1. The molecule has 2 unspecified atom stereocenters. The second-order valence-electron chi connectivity index (χ2n) is 5.20. The van der Waals surface area contributed by atoms with Crippen molar-refractivity contribution in [3.63, 3.8) is 0 Å². The molecular formula is C14H20N4OS. The van der Waals surface area contributed by atoms with Crippen LogP contribution >= 0.6 is 11.3 Å². The fourth-order valence-corrected chi connectivity index (χ4v) is 3.55. The molecule has 0 aliphatic carbocycles. The summed E-state index contributed by atoms with van der Waals surface area (Å²) in [4.78, 5) is 10.9. The summed E-state index contributed by atoms with van der Waals surface area (Å²) in [6.07, 6.45) is 3.49. The summed E-state index contributed by atoms with van der Waals surface area (Å²) < 4.78 is 5.72. The molecule has 0 aromatic carbocycles. The number of ether oxygens (including phenoxy) is 1. The number of nitrogens with two attached hydrogens (primary N) is 1. The minimum Gasteiger partial charge on any atom is -0.376 e. The second-order valence-corrected chi connectivity index (χ2v) is 6.32. The molecule has 5 nitrogen and oxygen atoms in total. The monoisotopic (exact) mass is 292 g/mol. The zero-order valence-electron chi connectivity index (χ0n) is 11.8. The standard InChI is InChI=1S/C14H20N4OS/c1-3-9-7-10-12(17-14(15)18-13(10)20-9)16-8(2)11-5-4-6-19-11/h7-8,11H,3-6H2,1-2H3,(H3,15,16,17,18). The van der Waals surface area contributed by atoms with Gasteiger partial charge in [0.15, 0.2) is 0 Å². The Hall–Kier alpha value is -1.40. The zero-order chi connectivity index (χ0) is 14.1. The SMILES string of the molecule is CCc1cc2c(NC(C)C3CCCO3)nc(N)nc2s1.